The van der Waals surface area contributed by atoms with Crippen molar-refractivity contribution in [3.05, 3.63) is 18.1 Å². The van der Waals surface area contributed by atoms with Gasteiger partial charge >= 0.3 is 0 Å². The number of hydrogen-bond donors (Lipinski definition) is 0. The van der Waals surface area contributed by atoms with Gasteiger partial charge in [0.15, 0.2) is 0 Å². The summed E-state index contributed by atoms with van der Waals surface area (Å²) in [5.74, 6) is 1.57. The molecule has 0 amide bonds. The van der Waals surface area contributed by atoms with Crippen molar-refractivity contribution in [3.8, 4) is 0 Å². The number of hydrogen-bond acceptors (Lipinski definition) is 0. The van der Waals surface area contributed by atoms with Gasteiger partial charge in [0, 0.05) is 0 Å². The highest BCUT2D eigenvalue weighted by atomic mass is 14.0. The second-order valence-corrected chi connectivity index (χ2v) is 5.83. The minimum absolute atomic E-state index is 1.28. The number of allylic oxidation sites excluding steroid dienone is 2. The fourth-order valence-corrected chi connectivity index (χ4v) is 2.20. The van der Waals surface area contributed by atoms with Crippen molar-refractivity contribution in [2.75, 3.05) is 0 Å². The fourth-order valence-electron chi connectivity index (χ4n) is 2.20. The Morgan fingerprint density at radius 3 is 1.72 bits per heavy atom. The van der Waals surface area contributed by atoms with Crippen LogP contribution in [0.4, 0.5) is 0 Å². The quantitative estimate of drug-likeness (QED) is 0.248. The van der Waals surface area contributed by atoms with E-state index in [0.717, 1.165) is 0 Å². The lowest BCUT2D eigenvalue weighted by atomic mass is 10.0. The molecular formula is C18H35. The molecule has 0 saturated carbocycles. The monoisotopic (exact) mass is 251 g/mol. The zero-order chi connectivity index (χ0) is 13.5. The molecule has 0 rings (SSSR count). The summed E-state index contributed by atoms with van der Waals surface area (Å²) in [6.07, 6.45) is 21.3. The maximum atomic E-state index is 2.40. The molecule has 0 unspecified atom stereocenters. The molecule has 0 heterocycles. The van der Waals surface area contributed by atoms with E-state index < -0.39 is 0 Å². The van der Waals surface area contributed by atoms with Crippen molar-refractivity contribution < 1.29 is 0 Å². The van der Waals surface area contributed by atoms with E-state index in [2.05, 4.69) is 32.9 Å². The Kier molecular flexibility index (Phi) is 14.6. The van der Waals surface area contributed by atoms with Crippen LogP contribution in [0.25, 0.3) is 0 Å². The molecule has 0 saturated heterocycles. The van der Waals surface area contributed by atoms with Gasteiger partial charge < -0.3 is 0 Å². The average molecular weight is 251 g/mol. The molecule has 18 heavy (non-hydrogen) atoms. The first-order chi connectivity index (χ1) is 8.77. The van der Waals surface area contributed by atoms with Crippen LogP contribution in [0.5, 0.6) is 0 Å². The van der Waals surface area contributed by atoms with E-state index in [1.807, 2.05) is 0 Å². The molecule has 0 atom stereocenters. The third-order valence-electron chi connectivity index (χ3n) is 3.44. The lowest BCUT2D eigenvalue weighted by Crippen LogP contribution is -1.83. The first kappa shape index (κ1) is 17.7. The Balaban J connectivity index is 3.04. The van der Waals surface area contributed by atoms with Gasteiger partial charge in [-0.1, -0.05) is 77.9 Å². The lowest BCUT2D eigenvalue weighted by molar-refractivity contribution is 0.592. The predicted molar refractivity (Wildman–Crippen MR) is 84.8 cm³/mol. The van der Waals surface area contributed by atoms with Crippen molar-refractivity contribution in [2.45, 2.75) is 97.8 Å². The first-order valence-corrected chi connectivity index (χ1v) is 8.21. The molecule has 0 spiro atoms. The maximum Gasteiger partial charge on any atom is -0.0303 e. The molecule has 0 fully saturated rings. The van der Waals surface area contributed by atoms with Gasteiger partial charge in [-0.2, -0.15) is 0 Å². The summed E-state index contributed by atoms with van der Waals surface area (Å²) in [7, 11) is 0. The summed E-state index contributed by atoms with van der Waals surface area (Å²) >= 11 is 0. The van der Waals surface area contributed by atoms with Crippen LogP contribution in [0, 0.1) is 5.92 Å². The molecule has 0 aliphatic rings. The molecular weight excluding hydrogens is 216 g/mol. The van der Waals surface area contributed by atoms with Crippen molar-refractivity contribution in [3.63, 3.8) is 0 Å². The van der Waals surface area contributed by atoms with Crippen molar-refractivity contribution in [1.82, 2.24) is 0 Å². The third kappa shape index (κ3) is 15.7. The Morgan fingerprint density at radius 2 is 1.17 bits per heavy atom. The van der Waals surface area contributed by atoms with E-state index in [-0.39, 0.29) is 0 Å². The van der Waals surface area contributed by atoms with Crippen LogP contribution in [0.1, 0.15) is 97.8 Å². The summed E-state index contributed by atoms with van der Waals surface area (Å²) in [5, 5.41) is 0. The highest BCUT2D eigenvalue weighted by Gasteiger charge is 1.93. The van der Waals surface area contributed by atoms with Crippen LogP contribution in [-0.4, -0.2) is 0 Å². The molecule has 0 aromatic heterocycles. The SMILES string of the molecule is CCCCCCCCCC=CCCCC[C](C)C. The van der Waals surface area contributed by atoms with Crippen LogP contribution in [0.15, 0.2) is 12.2 Å². The van der Waals surface area contributed by atoms with Gasteiger partial charge in [0.25, 0.3) is 0 Å². The summed E-state index contributed by atoms with van der Waals surface area (Å²) in [6, 6.07) is 0. The van der Waals surface area contributed by atoms with Crippen molar-refractivity contribution >= 4 is 0 Å². The molecule has 0 aromatic rings. The molecule has 1 radical (unpaired) electrons. The number of rotatable bonds is 13. The minimum atomic E-state index is 1.28. The van der Waals surface area contributed by atoms with Gasteiger partial charge in [0.2, 0.25) is 0 Å². The molecule has 0 aliphatic carbocycles. The van der Waals surface area contributed by atoms with E-state index >= 15 is 0 Å². The molecule has 0 heteroatoms. The second kappa shape index (κ2) is 14.8. The first-order valence-electron chi connectivity index (χ1n) is 8.21. The van der Waals surface area contributed by atoms with Gasteiger partial charge in [-0.3, -0.25) is 0 Å². The summed E-state index contributed by atoms with van der Waals surface area (Å²) in [4.78, 5) is 0. The summed E-state index contributed by atoms with van der Waals surface area (Å²) in [6.45, 7) is 6.75. The van der Waals surface area contributed by atoms with E-state index in [9.17, 15) is 0 Å². The van der Waals surface area contributed by atoms with E-state index in [1.54, 1.807) is 5.92 Å². The van der Waals surface area contributed by atoms with E-state index in [4.69, 9.17) is 0 Å². The van der Waals surface area contributed by atoms with Crippen LogP contribution in [0.3, 0.4) is 0 Å². The van der Waals surface area contributed by atoms with Gasteiger partial charge in [-0.05, 0) is 38.0 Å². The molecule has 0 bridgehead atoms. The second-order valence-electron chi connectivity index (χ2n) is 5.83. The summed E-state index contributed by atoms with van der Waals surface area (Å²) < 4.78 is 0. The zero-order valence-corrected chi connectivity index (χ0v) is 13.1. The Morgan fingerprint density at radius 1 is 0.667 bits per heavy atom. The number of unbranched alkanes of at least 4 members (excludes halogenated alkanes) is 9. The highest BCUT2D eigenvalue weighted by molar-refractivity contribution is 4.82. The van der Waals surface area contributed by atoms with E-state index in [0.29, 0.717) is 0 Å². The average Bonchev–Trinajstić information content (AvgIpc) is 2.34. The Hall–Kier alpha value is -0.260. The van der Waals surface area contributed by atoms with Gasteiger partial charge in [0.1, 0.15) is 0 Å². The van der Waals surface area contributed by atoms with Crippen LogP contribution in [-0.2, 0) is 0 Å². The Bertz CT molecular complexity index is 167. The van der Waals surface area contributed by atoms with Crippen LogP contribution >= 0.6 is 0 Å². The lowest BCUT2D eigenvalue weighted by Gasteiger charge is -2.01. The topological polar surface area (TPSA) is 0 Å². The molecule has 0 nitrogen and oxygen atoms in total. The highest BCUT2D eigenvalue weighted by Crippen LogP contribution is 2.11. The normalized spacial score (nSPS) is 11.8. The predicted octanol–water partition coefficient (Wildman–Crippen LogP) is 6.86. The molecule has 0 N–H and O–H groups in total. The fraction of sp³-hybridized carbons (Fsp3) is 0.833. The van der Waals surface area contributed by atoms with Crippen molar-refractivity contribution in [1.29, 1.82) is 0 Å². The molecule has 107 valence electrons. The zero-order valence-electron chi connectivity index (χ0n) is 13.1. The minimum Gasteiger partial charge on any atom is -0.0885 e. The maximum absolute atomic E-state index is 2.40. The van der Waals surface area contributed by atoms with E-state index in [1.165, 1.54) is 77.0 Å². The smallest absolute Gasteiger partial charge is 0.0303 e. The van der Waals surface area contributed by atoms with Crippen LogP contribution < -0.4 is 0 Å². The van der Waals surface area contributed by atoms with Gasteiger partial charge in [-0.25, -0.2) is 0 Å². The largest absolute Gasteiger partial charge is 0.0885 e. The molecule has 0 aromatic carbocycles. The van der Waals surface area contributed by atoms with Crippen LogP contribution in [0.2, 0.25) is 0 Å². The molecule has 0 aliphatic heterocycles. The summed E-state index contributed by atoms with van der Waals surface area (Å²) in [5.41, 5.74) is 0. The Labute approximate surface area is 116 Å². The van der Waals surface area contributed by atoms with Gasteiger partial charge in [0.05, 0.1) is 0 Å². The standard InChI is InChI=1S/C18H35/c1-4-5-6-7-8-9-10-11-12-13-14-15-16-17-18(2)3/h12-13H,4-11,14-17H2,1-3H3. The van der Waals surface area contributed by atoms with Crippen molar-refractivity contribution in [2.24, 2.45) is 0 Å². The third-order valence-corrected chi connectivity index (χ3v) is 3.44. The van der Waals surface area contributed by atoms with Gasteiger partial charge in [-0.15, -0.1) is 0 Å².